The number of ether oxygens (including phenoxy) is 1. The van der Waals surface area contributed by atoms with E-state index < -0.39 is 30.2 Å². The number of rotatable bonds is 5. The normalized spacial score (nSPS) is 14.2. The van der Waals surface area contributed by atoms with Crippen LogP contribution in [0.25, 0.3) is 0 Å². The molecule has 0 heterocycles. The fourth-order valence-electron chi connectivity index (χ4n) is 2.09. The van der Waals surface area contributed by atoms with Crippen molar-refractivity contribution in [3.8, 4) is 0 Å². The highest BCUT2D eigenvalue weighted by Gasteiger charge is 2.77. The number of carbonyl (C=O) groups is 1. The molecule has 0 spiro atoms. The van der Waals surface area contributed by atoms with Crippen molar-refractivity contribution in [1.29, 1.82) is 0 Å². The van der Waals surface area contributed by atoms with E-state index in [1.54, 1.807) is 6.07 Å². The Morgan fingerprint density at radius 3 is 2.04 bits per heavy atom. The zero-order valence-corrected chi connectivity index (χ0v) is 12.8. The number of quaternary nitrogens is 1. The lowest BCUT2D eigenvalue weighted by Gasteiger charge is -2.36. The third kappa shape index (κ3) is 4.31. The Balaban J connectivity index is 3.27. The standard InChI is InChI=1S/C14H16F6N2O2/c1-3-24-11(23)22-12(13(15,16)17,14(18,19)20)21-9(2)10-7-5-4-6-8-10/h4-9,21H,3H2,1-2H3,(H,22,23)/p+1/t9-/m1/s1. The zero-order chi connectivity index (χ0) is 18.6. The molecule has 1 aromatic rings. The smallest absolute Gasteiger partial charge is 0.450 e. The summed E-state index contributed by atoms with van der Waals surface area (Å²) in [6.45, 7) is 2.07. The Hall–Kier alpha value is -1.97. The minimum atomic E-state index is -5.80. The van der Waals surface area contributed by atoms with Gasteiger partial charge >= 0.3 is 24.1 Å². The topological polar surface area (TPSA) is 54.9 Å². The van der Waals surface area contributed by atoms with Gasteiger partial charge in [0.15, 0.2) is 0 Å². The summed E-state index contributed by atoms with van der Waals surface area (Å²) in [7, 11) is 0. The van der Waals surface area contributed by atoms with Gasteiger partial charge in [0, 0.05) is 5.56 Å². The fourth-order valence-corrected chi connectivity index (χ4v) is 2.09. The molecule has 1 atom stereocenters. The third-order valence-corrected chi connectivity index (χ3v) is 3.29. The van der Waals surface area contributed by atoms with E-state index in [0.717, 1.165) is 5.32 Å². The number of amides is 1. The highest BCUT2D eigenvalue weighted by Crippen LogP contribution is 2.39. The Morgan fingerprint density at radius 1 is 1.12 bits per heavy atom. The van der Waals surface area contributed by atoms with Gasteiger partial charge < -0.3 is 10.1 Å². The maximum absolute atomic E-state index is 13.3. The summed E-state index contributed by atoms with van der Waals surface area (Å²) in [6.07, 6.45) is -13.4. The van der Waals surface area contributed by atoms with Crippen molar-refractivity contribution in [2.24, 2.45) is 0 Å². The number of carbonyl (C=O) groups excluding carboxylic acids is 1. The molecule has 0 aliphatic rings. The molecule has 0 radical (unpaired) electrons. The molecule has 1 aromatic carbocycles. The van der Waals surface area contributed by atoms with E-state index in [-0.39, 0.29) is 17.5 Å². The van der Waals surface area contributed by atoms with Crippen molar-refractivity contribution >= 4 is 6.09 Å². The molecule has 136 valence electrons. The zero-order valence-electron chi connectivity index (χ0n) is 12.8. The molecular formula is C14H17F6N2O2+. The van der Waals surface area contributed by atoms with Crippen molar-refractivity contribution in [3.05, 3.63) is 35.9 Å². The Kier molecular flexibility index (Phi) is 6.09. The van der Waals surface area contributed by atoms with Gasteiger partial charge in [-0.25, -0.2) is 4.79 Å². The van der Waals surface area contributed by atoms with Gasteiger partial charge in [0.2, 0.25) is 0 Å². The second-order valence-corrected chi connectivity index (χ2v) is 5.02. The number of halogens is 6. The average molecular weight is 359 g/mol. The molecule has 0 saturated heterocycles. The lowest BCUT2D eigenvalue weighted by Crippen LogP contribution is -3.08. The first-order chi connectivity index (χ1) is 10.9. The van der Waals surface area contributed by atoms with Crippen LogP contribution in [-0.2, 0) is 4.74 Å². The summed E-state index contributed by atoms with van der Waals surface area (Å²) in [5.41, 5.74) is -4.29. The molecule has 10 heteroatoms. The second-order valence-electron chi connectivity index (χ2n) is 5.02. The minimum absolute atomic E-state index is 0.0270. The molecule has 0 unspecified atom stereocenters. The van der Waals surface area contributed by atoms with E-state index in [9.17, 15) is 31.1 Å². The van der Waals surface area contributed by atoms with Crippen LogP contribution in [0.1, 0.15) is 25.5 Å². The number of alkyl carbamates (subject to hydrolysis) is 1. The van der Waals surface area contributed by atoms with Gasteiger partial charge in [0.05, 0.1) is 6.61 Å². The number of hydrogen-bond acceptors (Lipinski definition) is 2. The van der Waals surface area contributed by atoms with Gasteiger partial charge in [-0.05, 0) is 13.8 Å². The molecule has 1 amide bonds. The predicted octanol–water partition coefficient (Wildman–Crippen LogP) is 2.88. The summed E-state index contributed by atoms with van der Waals surface area (Å²) in [5.74, 6) is 0. The van der Waals surface area contributed by atoms with E-state index in [0.29, 0.717) is 0 Å². The van der Waals surface area contributed by atoms with E-state index in [2.05, 4.69) is 4.74 Å². The van der Waals surface area contributed by atoms with Crippen LogP contribution in [0.15, 0.2) is 30.3 Å². The van der Waals surface area contributed by atoms with Gasteiger partial charge in [-0.2, -0.15) is 26.3 Å². The molecule has 0 aromatic heterocycles. The molecule has 0 aliphatic heterocycles. The van der Waals surface area contributed by atoms with Crippen LogP contribution in [0.2, 0.25) is 0 Å². The quantitative estimate of drug-likeness (QED) is 0.628. The molecule has 4 nitrogen and oxygen atoms in total. The van der Waals surface area contributed by atoms with Crippen molar-refractivity contribution < 1.29 is 41.2 Å². The van der Waals surface area contributed by atoms with Gasteiger partial charge in [-0.1, -0.05) is 30.3 Å². The lowest BCUT2D eigenvalue weighted by molar-refractivity contribution is -0.811. The van der Waals surface area contributed by atoms with Crippen LogP contribution in [0.3, 0.4) is 0 Å². The first-order valence-corrected chi connectivity index (χ1v) is 6.94. The monoisotopic (exact) mass is 359 g/mol. The number of benzene rings is 1. The summed E-state index contributed by atoms with van der Waals surface area (Å²) in [4.78, 5) is 11.3. The van der Waals surface area contributed by atoms with Crippen molar-refractivity contribution in [1.82, 2.24) is 5.32 Å². The molecule has 0 aliphatic carbocycles. The first-order valence-electron chi connectivity index (χ1n) is 6.94. The van der Waals surface area contributed by atoms with Gasteiger partial charge in [0.25, 0.3) is 0 Å². The van der Waals surface area contributed by atoms with E-state index in [1.807, 2.05) is 0 Å². The SMILES string of the molecule is CCOC(=O)NC([NH2+][C@H](C)c1ccccc1)(C(F)(F)F)C(F)(F)F. The highest BCUT2D eigenvalue weighted by atomic mass is 19.4. The summed E-state index contributed by atoms with van der Waals surface area (Å²) in [5, 5.41) is 0.972. The van der Waals surface area contributed by atoms with Gasteiger partial charge in [0.1, 0.15) is 6.04 Å². The summed E-state index contributed by atoms with van der Waals surface area (Å²) < 4.78 is 84.2. The molecule has 0 bridgehead atoms. The predicted molar refractivity (Wildman–Crippen MR) is 71.8 cm³/mol. The Labute approximate surface area is 134 Å². The molecule has 3 N–H and O–H groups in total. The number of hydrogen-bond donors (Lipinski definition) is 2. The summed E-state index contributed by atoms with van der Waals surface area (Å²) >= 11 is 0. The van der Waals surface area contributed by atoms with E-state index in [1.165, 1.54) is 38.1 Å². The Morgan fingerprint density at radius 2 is 1.62 bits per heavy atom. The number of nitrogens with two attached hydrogens (primary N) is 1. The van der Waals surface area contributed by atoms with Gasteiger partial charge in [-0.15, -0.1) is 0 Å². The van der Waals surface area contributed by atoms with Crippen molar-refractivity contribution in [2.45, 2.75) is 37.9 Å². The van der Waals surface area contributed by atoms with Crippen molar-refractivity contribution in [3.63, 3.8) is 0 Å². The molecule has 0 fully saturated rings. The molecular weight excluding hydrogens is 342 g/mol. The molecule has 24 heavy (non-hydrogen) atoms. The number of nitrogens with one attached hydrogen (secondary N) is 1. The van der Waals surface area contributed by atoms with Crippen LogP contribution < -0.4 is 10.6 Å². The van der Waals surface area contributed by atoms with Crippen LogP contribution in [-0.4, -0.2) is 30.7 Å². The lowest BCUT2D eigenvalue weighted by atomic mass is 10.0. The molecule has 0 saturated carbocycles. The van der Waals surface area contributed by atoms with Crippen LogP contribution in [0.4, 0.5) is 31.1 Å². The average Bonchev–Trinajstić information content (AvgIpc) is 2.45. The van der Waals surface area contributed by atoms with E-state index in [4.69, 9.17) is 0 Å². The fraction of sp³-hybridized carbons (Fsp3) is 0.500. The maximum atomic E-state index is 13.3. The molecule has 1 rings (SSSR count). The third-order valence-electron chi connectivity index (χ3n) is 3.29. The van der Waals surface area contributed by atoms with Crippen LogP contribution in [0, 0.1) is 0 Å². The summed E-state index contributed by atoms with van der Waals surface area (Å²) in [6, 6.07) is 6.10. The first kappa shape index (κ1) is 20.1. The Bertz CT molecular complexity index is 530. The highest BCUT2D eigenvalue weighted by molar-refractivity contribution is 5.68. The largest absolute Gasteiger partial charge is 0.476 e. The van der Waals surface area contributed by atoms with Crippen molar-refractivity contribution in [2.75, 3.05) is 6.61 Å². The van der Waals surface area contributed by atoms with E-state index >= 15 is 0 Å². The van der Waals surface area contributed by atoms with Gasteiger partial charge in [-0.3, -0.25) is 5.32 Å². The number of alkyl halides is 6. The minimum Gasteiger partial charge on any atom is -0.450 e. The van der Waals surface area contributed by atoms with Crippen LogP contribution in [0.5, 0.6) is 0 Å². The maximum Gasteiger partial charge on any atom is 0.476 e. The van der Waals surface area contributed by atoms with Crippen LogP contribution >= 0.6 is 0 Å². The second kappa shape index (κ2) is 7.29.